The Bertz CT molecular complexity index is 851. The summed E-state index contributed by atoms with van der Waals surface area (Å²) in [4.78, 5) is 22.3. The van der Waals surface area contributed by atoms with Gasteiger partial charge >= 0.3 is 6.03 Å². The number of pyridine rings is 1. The molecule has 1 aromatic heterocycles. The zero-order valence-corrected chi connectivity index (χ0v) is 16.1. The molecule has 6 nitrogen and oxygen atoms in total. The van der Waals surface area contributed by atoms with Crippen molar-refractivity contribution in [3.8, 4) is 5.75 Å². The number of aromatic nitrogens is 1. The Morgan fingerprint density at radius 1 is 1.14 bits per heavy atom. The van der Waals surface area contributed by atoms with Gasteiger partial charge in [0.2, 0.25) is 0 Å². The number of carbonyl (C=O) groups excluding carboxylic acids is 1. The Kier molecular flexibility index (Phi) is 4.43. The van der Waals surface area contributed by atoms with E-state index in [0.717, 1.165) is 25.3 Å². The third kappa shape index (κ3) is 2.83. The van der Waals surface area contributed by atoms with Crippen LogP contribution in [0.15, 0.2) is 48.8 Å². The summed E-state index contributed by atoms with van der Waals surface area (Å²) >= 11 is 0. The molecule has 3 unspecified atom stereocenters. The molecule has 0 aliphatic carbocycles. The van der Waals surface area contributed by atoms with Crippen molar-refractivity contribution in [1.29, 1.82) is 0 Å². The number of benzene rings is 1. The van der Waals surface area contributed by atoms with Gasteiger partial charge in [0.25, 0.3) is 0 Å². The van der Waals surface area contributed by atoms with Gasteiger partial charge in [-0.25, -0.2) is 4.79 Å². The molecular weight excluding hydrogens is 352 g/mol. The second-order valence-corrected chi connectivity index (χ2v) is 8.03. The lowest BCUT2D eigenvalue weighted by molar-refractivity contribution is 0.00492. The molecule has 2 bridgehead atoms. The Morgan fingerprint density at radius 2 is 1.96 bits per heavy atom. The average Bonchev–Trinajstić information content (AvgIpc) is 3.19. The number of hydrogen-bond acceptors (Lipinski definition) is 4. The number of anilines is 1. The van der Waals surface area contributed by atoms with E-state index in [2.05, 4.69) is 26.2 Å². The lowest BCUT2D eigenvalue weighted by Gasteiger charge is -2.51. The molecule has 28 heavy (non-hydrogen) atoms. The number of rotatable bonds is 3. The highest BCUT2D eigenvalue weighted by atomic mass is 16.5. The van der Waals surface area contributed by atoms with Crippen LogP contribution in [0.2, 0.25) is 0 Å². The third-order valence-corrected chi connectivity index (χ3v) is 6.72. The summed E-state index contributed by atoms with van der Waals surface area (Å²) in [7, 11) is 1.63. The second kappa shape index (κ2) is 7.09. The fraction of sp³-hybridized carbons (Fsp3) is 0.455. The summed E-state index contributed by atoms with van der Waals surface area (Å²) < 4.78 is 5.41. The van der Waals surface area contributed by atoms with Crippen LogP contribution in [0.3, 0.4) is 0 Å². The van der Waals surface area contributed by atoms with Gasteiger partial charge in [-0.3, -0.25) is 9.88 Å². The van der Waals surface area contributed by atoms with Crippen LogP contribution < -0.4 is 10.1 Å². The van der Waals surface area contributed by atoms with Gasteiger partial charge in [-0.2, -0.15) is 0 Å². The lowest BCUT2D eigenvalue weighted by Crippen LogP contribution is -2.61. The minimum Gasteiger partial charge on any atom is -0.495 e. The SMILES string of the molecule is COc1ccccc1NC(=O)N1CC(c2cccnc2)C2C1C1CCN2CC1. The highest BCUT2D eigenvalue weighted by Gasteiger charge is 2.54. The quantitative estimate of drug-likeness (QED) is 0.891. The molecule has 0 radical (unpaired) electrons. The molecule has 6 heteroatoms. The van der Waals surface area contributed by atoms with Crippen molar-refractivity contribution in [3.63, 3.8) is 0 Å². The van der Waals surface area contributed by atoms with E-state index in [-0.39, 0.29) is 12.1 Å². The fourth-order valence-corrected chi connectivity index (χ4v) is 5.48. The number of para-hydroxylation sites is 2. The Hall–Kier alpha value is -2.60. The van der Waals surface area contributed by atoms with Crippen LogP contribution in [-0.2, 0) is 0 Å². The molecule has 4 aliphatic heterocycles. The number of urea groups is 1. The standard InChI is InChI=1S/C22H26N4O2/c1-28-19-7-3-2-6-18(19)24-22(27)26-14-17(16-5-4-10-23-13-16)21-20(26)15-8-11-25(21)12-9-15/h2-7,10,13,15,17,20-21H,8-9,11-12,14H2,1H3,(H,24,27). The number of ether oxygens (including phenoxy) is 1. The van der Waals surface area contributed by atoms with Crippen LogP contribution in [0.4, 0.5) is 10.5 Å². The number of hydrogen-bond donors (Lipinski definition) is 1. The first-order chi connectivity index (χ1) is 13.8. The molecule has 2 amide bonds. The van der Waals surface area contributed by atoms with E-state index in [0.29, 0.717) is 23.6 Å². The van der Waals surface area contributed by atoms with Gasteiger partial charge in [-0.1, -0.05) is 18.2 Å². The van der Waals surface area contributed by atoms with Crippen molar-refractivity contribution in [2.75, 3.05) is 32.1 Å². The van der Waals surface area contributed by atoms with Crippen LogP contribution in [-0.4, -0.2) is 59.6 Å². The number of fused-ring (bicyclic) bond motifs is 2. The van der Waals surface area contributed by atoms with Crippen LogP contribution in [0.5, 0.6) is 5.75 Å². The largest absolute Gasteiger partial charge is 0.495 e. The minimum atomic E-state index is -0.0281. The second-order valence-electron chi connectivity index (χ2n) is 8.03. The van der Waals surface area contributed by atoms with Gasteiger partial charge in [0.15, 0.2) is 0 Å². The fourth-order valence-electron chi connectivity index (χ4n) is 5.48. The van der Waals surface area contributed by atoms with Gasteiger partial charge in [-0.15, -0.1) is 0 Å². The average molecular weight is 378 g/mol. The number of nitrogens with zero attached hydrogens (tertiary/aromatic N) is 3. The maximum Gasteiger partial charge on any atom is 0.322 e. The molecular formula is C22H26N4O2. The third-order valence-electron chi connectivity index (χ3n) is 6.72. The minimum absolute atomic E-state index is 0.0281. The summed E-state index contributed by atoms with van der Waals surface area (Å²) in [6.07, 6.45) is 6.14. The van der Waals surface area contributed by atoms with Crippen LogP contribution in [0.25, 0.3) is 0 Å². The van der Waals surface area contributed by atoms with E-state index in [9.17, 15) is 4.79 Å². The van der Waals surface area contributed by atoms with Gasteiger partial charge < -0.3 is 15.0 Å². The highest BCUT2D eigenvalue weighted by molar-refractivity contribution is 5.91. The molecule has 4 saturated heterocycles. The monoisotopic (exact) mass is 378 g/mol. The number of nitrogens with one attached hydrogen (secondary N) is 1. The lowest BCUT2D eigenvalue weighted by atomic mass is 9.75. The summed E-state index contributed by atoms with van der Waals surface area (Å²) in [6, 6.07) is 12.4. The van der Waals surface area contributed by atoms with E-state index in [4.69, 9.17) is 4.74 Å². The van der Waals surface area contributed by atoms with E-state index in [1.54, 1.807) is 7.11 Å². The van der Waals surface area contributed by atoms with Crippen molar-refractivity contribution in [1.82, 2.24) is 14.8 Å². The molecule has 4 fully saturated rings. The van der Waals surface area contributed by atoms with Crippen molar-refractivity contribution in [2.45, 2.75) is 30.8 Å². The van der Waals surface area contributed by atoms with Gasteiger partial charge in [0.05, 0.1) is 18.8 Å². The van der Waals surface area contributed by atoms with Crippen LogP contribution in [0, 0.1) is 5.92 Å². The van der Waals surface area contributed by atoms with Gasteiger partial charge in [0.1, 0.15) is 5.75 Å². The Labute approximate surface area is 165 Å². The van der Waals surface area contributed by atoms with Crippen molar-refractivity contribution >= 4 is 11.7 Å². The predicted molar refractivity (Wildman–Crippen MR) is 108 cm³/mol. The molecule has 146 valence electrons. The van der Waals surface area contributed by atoms with Crippen LogP contribution >= 0.6 is 0 Å². The van der Waals surface area contributed by atoms with Gasteiger partial charge in [-0.05, 0) is 55.6 Å². The first-order valence-electron chi connectivity index (χ1n) is 10.1. The van der Waals surface area contributed by atoms with Crippen LogP contribution in [0.1, 0.15) is 24.3 Å². The van der Waals surface area contributed by atoms with E-state index in [1.165, 1.54) is 18.4 Å². The maximum absolute atomic E-state index is 13.3. The molecule has 2 aromatic rings. The van der Waals surface area contributed by atoms with E-state index < -0.39 is 0 Å². The zero-order chi connectivity index (χ0) is 19.1. The molecule has 4 aliphatic rings. The molecule has 0 saturated carbocycles. The number of carbonyl (C=O) groups is 1. The van der Waals surface area contributed by atoms with Gasteiger partial charge in [0, 0.05) is 30.9 Å². The Balaban J connectivity index is 1.45. The molecule has 6 rings (SSSR count). The molecule has 1 N–H and O–H groups in total. The smallest absolute Gasteiger partial charge is 0.322 e. The van der Waals surface area contributed by atoms with E-state index in [1.807, 2.05) is 42.7 Å². The molecule has 5 heterocycles. The first-order valence-corrected chi connectivity index (χ1v) is 10.1. The zero-order valence-electron chi connectivity index (χ0n) is 16.1. The van der Waals surface area contributed by atoms with Crippen molar-refractivity contribution in [3.05, 3.63) is 54.4 Å². The number of likely N-dealkylation sites (tertiary alicyclic amines) is 1. The summed E-state index contributed by atoms with van der Waals surface area (Å²) in [5.74, 6) is 1.58. The summed E-state index contributed by atoms with van der Waals surface area (Å²) in [5.41, 5.74) is 1.95. The predicted octanol–water partition coefficient (Wildman–Crippen LogP) is 3.18. The molecule has 0 spiro atoms. The Morgan fingerprint density at radius 3 is 2.71 bits per heavy atom. The van der Waals surface area contributed by atoms with E-state index >= 15 is 0 Å². The number of piperidine rings is 3. The topological polar surface area (TPSA) is 57.7 Å². The molecule has 3 atom stereocenters. The first kappa shape index (κ1) is 17.5. The molecule has 1 aromatic carbocycles. The number of methoxy groups -OCH3 is 1. The van der Waals surface area contributed by atoms with Crippen molar-refractivity contribution in [2.24, 2.45) is 5.92 Å². The maximum atomic E-state index is 13.3. The van der Waals surface area contributed by atoms with Crippen molar-refractivity contribution < 1.29 is 9.53 Å². The highest BCUT2D eigenvalue weighted by Crippen LogP contribution is 2.46. The summed E-state index contributed by atoms with van der Waals surface area (Å²) in [6.45, 7) is 3.02. The summed E-state index contributed by atoms with van der Waals surface area (Å²) in [5, 5.41) is 3.10. The number of amides is 2. The normalized spacial score (nSPS) is 30.8.